The molecule has 2 aromatic rings. The smallest absolute Gasteiger partial charge is 0.276 e. The van der Waals surface area contributed by atoms with Gasteiger partial charge in [0.2, 0.25) is 5.91 Å². The van der Waals surface area contributed by atoms with E-state index in [-0.39, 0.29) is 12.5 Å². The molecule has 7 heteroatoms. The summed E-state index contributed by atoms with van der Waals surface area (Å²) in [6.07, 6.45) is 2.88. The van der Waals surface area contributed by atoms with Gasteiger partial charge in [-0.2, -0.15) is 0 Å². The molecule has 0 fully saturated rings. The molecule has 0 radical (unpaired) electrons. The average Bonchev–Trinajstić information content (AvgIpc) is 2.66. The van der Waals surface area contributed by atoms with Gasteiger partial charge in [-0.3, -0.25) is 25.2 Å². The molecular weight excluding hydrogens is 358 g/mol. The second-order valence-electron chi connectivity index (χ2n) is 6.23. The Hall–Kier alpha value is -3.61. The summed E-state index contributed by atoms with van der Waals surface area (Å²) in [6.45, 7) is 5.05. The molecule has 0 aliphatic rings. The zero-order valence-corrected chi connectivity index (χ0v) is 16.0. The zero-order valence-electron chi connectivity index (χ0n) is 16.0. The molecule has 0 spiro atoms. The summed E-state index contributed by atoms with van der Waals surface area (Å²) in [4.78, 5) is 34.6. The molecule has 0 saturated carbocycles. The van der Waals surface area contributed by atoms with Crippen LogP contribution in [0.25, 0.3) is 6.08 Å². The summed E-state index contributed by atoms with van der Waals surface area (Å²) in [5.41, 5.74) is 7.98. The van der Waals surface area contributed by atoms with Crippen LogP contribution in [0.3, 0.4) is 0 Å². The topological polar surface area (TPSA) is 96.5 Å². The summed E-state index contributed by atoms with van der Waals surface area (Å²) >= 11 is 0. The van der Waals surface area contributed by atoms with E-state index in [1.54, 1.807) is 30.3 Å². The third kappa shape index (κ3) is 6.95. The molecular formula is C21H23N3O4. The Morgan fingerprint density at radius 1 is 1.00 bits per heavy atom. The molecule has 0 aliphatic heterocycles. The van der Waals surface area contributed by atoms with Crippen LogP contribution in [0.4, 0.5) is 5.69 Å². The maximum Gasteiger partial charge on any atom is 0.276 e. The van der Waals surface area contributed by atoms with E-state index in [4.69, 9.17) is 4.74 Å². The summed E-state index contributed by atoms with van der Waals surface area (Å²) in [5, 5.41) is 2.66. The van der Waals surface area contributed by atoms with Crippen LogP contribution in [-0.2, 0) is 14.4 Å². The minimum atomic E-state index is -0.481. The highest BCUT2D eigenvalue weighted by atomic mass is 16.5. The number of hydrogen-bond acceptors (Lipinski definition) is 4. The Morgan fingerprint density at radius 2 is 1.71 bits per heavy atom. The van der Waals surface area contributed by atoms with Crippen LogP contribution in [0.5, 0.6) is 5.75 Å². The van der Waals surface area contributed by atoms with E-state index >= 15 is 0 Å². The van der Waals surface area contributed by atoms with E-state index < -0.39 is 11.8 Å². The molecule has 0 saturated heterocycles. The van der Waals surface area contributed by atoms with Gasteiger partial charge >= 0.3 is 0 Å². The fourth-order valence-electron chi connectivity index (χ4n) is 2.27. The number of hydrogen-bond donors (Lipinski definition) is 3. The van der Waals surface area contributed by atoms with Crippen LogP contribution in [0, 0.1) is 13.8 Å². The van der Waals surface area contributed by atoms with Crippen LogP contribution in [-0.4, -0.2) is 24.3 Å². The van der Waals surface area contributed by atoms with Gasteiger partial charge in [-0.25, -0.2) is 0 Å². The summed E-state index contributed by atoms with van der Waals surface area (Å²) in [6, 6.07) is 12.7. The van der Waals surface area contributed by atoms with Gasteiger partial charge in [0.1, 0.15) is 5.75 Å². The Balaban J connectivity index is 1.76. The Labute approximate surface area is 163 Å². The molecule has 0 unspecified atom stereocenters. The molecule has 0 heterocycles. The lowest BCUT2D eigenvalue weighted by atomic mass is 10.1. The van der Waals surface area contributed by atoms with Crippen molar-refractivity contribution >= 4 is 29.5 Å². The second-order valence-corrected chi connectivity index (χ2v) is 6.23. The number of amides is 3. The van der Waals surface area contributed by atoms with Crippen molar-refractivity contribution in [2.24, 2.45) is 0 Å². The first kappa shape index (κ1) is 20.7. The normalized spacial score (nSPS) is 10.4. The minimum Gasteiger partial charge on any atom is -0.483 e. The highest BCUT2D eigenvalue weighted by molar-refractivity contribution is 5.93. The molecule has 28 heavy (non-hydrogen) atoms. The fraction of sp³-hybridized carbons (Fsp3) is 0.190. The number of carbonyl (C=O) groups excluding carboxylic acids is 3. The molecule has 3 N–H and O–H groups in total. The van der Waals surface area contributed by atoms with Gasteiger partial charge in [-0.05, 0) is 54.8 Å². The molecule has 2 aromatic carbocycles. The largest absolute Gasteiger partial charge is 0.483 e. The minimum absolute atomic E-state index is 0.153. The molecule has 146 valence electrons. The number of anilines is 1. The molecule has 0 aromatic heterocycles. The van der Waals surface area contributed by atoms with E-state index in [0.29, 0.717) is 11.4 Å². The van der Waals surface area contributed by atoms with E-state index in [9.17, 15) is 14.4 Å². The first-order valence-electron chi connectivity index (χ1n) is 8.68. The number of benzene rings is 2. The quantitative estimate of drug-likeness (QED) is 0.529. The third-order valence-electron chi connectivity index (χ3n) is 3.69. The predicted octanol–water partition coefficient (Wildman–Crippen LogP) is 2.50. The van der Waals surface area contributed by atoms with Gasteiger partial charge in [-0.1, -0.05) is 24.3 Å². The van der Waals surface area contributed by atoms with Crippen LogP contribution in [0.15, 0.2) is 48.5 Å². The highest BCUT2D eigenvalue weighted by Gasteiger charge is 2.06. The van der Waals surface area contributed by atoms with Crippen molar-refractivity contribution in [1.82, 2.24) is 10.9 Å². The van der Waals surface area contributed by atoms with Crippen LogP contribution in [0.2, 0.25) is 0 Å². The Bertz CT molecular complexity index is 889. The lowest BCUT2D eigenvalue weighted by Gasteiger charge is -2.10. The molecule has 0 bridgehead atoms. The summed E-state index contributed by atoms with van der Waals surface area (Å²) in [7, 11) is 0. The number of nitrogens with one attached hydrogen (secondary N) is 3. The molecule has 0 aliphatic carbocycles. The fourth-order valence-corrected chi connectivity index (χ4v) is 2.27. The second kappa shape index (κ2) is 9.91. The lowest BCUT2D eigenvalue weighted by molar-refractivity contribution is -0.128. The van der Waals surface area contributed by atoms with Crippen molar-refractivity contribution in [3.63, 3.8) is 0 Å². The number of rotatable bonds is 6. The van der Waals surface area contributed by atoms with E-state index in [2.05, 4.69) is 16.2 Å². The maximum atomic E-state index is 11.8. The van der Waals surface area contributed by atoms with Gasteiger partial charge in [0.15, 0.2) is 6.61 Å². The third-order valence-corrected chi connectivity index (χ3v) is 3.69. The van der Waals surface area contributed by atoms with Crippen LogP contribution in [0.1, 0.15) is 23.6 Å². The van der Waals surface area contributed by atoms with Gasteiger partial charge in [0.05, 0.1) is 0 Å². The van der Waals surface area contributed by atoms with Crippen molar-refractivity contribution in [3.8, 4) is 5.75 Å². The monoisotopic (exact) mass is 381 g/mol. The molecule has 2 rings (SSSR count). The average molecular weight is 381 g/mol. The van der Waals surface area contributed by atoms with Crippen molar-refractivity contribution in [1.29, 1.82) is 0 Å². The predicted molar refractivity (Wildman–Crippen MR) is 107 cm³/mol. The van der Waals surface area contributed by atoms with Gasteiger partial charge in [0, 0.05) is 18.7 Å². The number of ether oxygens (including phenoxy) is 1. The van der Waals surface area contributed by atoms with Crippen LogP contribution >= 0.6 is 0 Å². The van der Waals surface area contributed by atoms with Gasteiger partial charge in [0.25, 0.3) is 11.8 Å². The van der Waals surface area contributed by atoms with Crippen molar-refractivity contribution in [3.05, 3.63) is 65.2 Å². The first-order chi connectivity index (χ1) is 13.3. The number of aryl methyl sites for hydroxylation is 2. The standard InChI is InChI=1S/C21H23N3O4/c1-14-4-5-15(2)19(12-14)28-13-21(27)24-23-20(26)11-8-17-6-9-18(10-7-17)22-16(3)25/h4-12H,13H2,1-3H3,(H,22,25)(H,23,26)(H,24,27)/b11-8+. The number of carbonyl (C=O) groups is 3. The zero-order chi connectivity index (χ0) is 20.5. The first-order valence-corrected chi connectivity index (χ1v) is 8.68. The van der Waals surface area contributed by atoms with E-state index in [0.717, 1.165) is 16.7 Å². The van der Waals surface area contributed by atoms with Crippen molar-refractivity contribution < 1.29 is 19.1 Å². The van der Waals surface area contributed by atoms with Crippen molar-refractivity contribution in [2.75, 3.05) is 11.9 Å². The number of hydrazine groups is 1. The van der Waals surface area contributed by atoms with Gasteiger partial charge < -0.3 is 10.1 Å². The molecule has 3 amide bonds. The SMILES string of the molecule is CC(=O)Nc1ccc(/C=C/C(=O)NNC(=O)COc2cc(C)ccc2C)cc1. The molecule has 0 atom stereocenters. The highest BCUT2D eigenvalue weighted by Crippen LogP contribution is 2.18. The maximum absolute atomic E-state index is 11.8. The Kier molecular flexibility index (Phi) is 7.33. The Morgan fingerprint density at radius 3 is 2.39 bits per heavy atom. The summed E-state index contributed by atoms with van der Waals surface area (Å²) < 4.78 is 5.47. The summed E-state index contributed by atoms with van der Waals surface area (Å²) in [5.74, 6) is -0.475. The molecule has 7 nitrogen and oxygen atoms in total. The van der Waals surface area contributed by atoms with Crippen molar-refractivity contribution in [2.45, 2.75) is 20.8 Å². The van der Waals surface area contributed by atoms with E-state index in [1.165, 1.54) is 13.0 Å². The van der Waals surface area contributed by atoms with Crippen LogP contribution < -0.4 is 20.9 Å². The van der Waals surface area contributed by atoms with E-state index in [1.807, 2.05) is 32.0 Å². The lowest BCUT2D eigenvalue weighted by Crippen LogP contribution is -2.43. The van der Waals surface area contributed by atoms with Gasteiger partial charge in [-0.15, -0.1) is 0 Å².